The molecule has 31 heavy (non-hydrogen) atoms. The highest BCUT2D eigenvalue weighted by molar-refractivity contribution is 7.91. The molecule has 1 aromatic carbocycles. The lowest BCUT2D eigenvalue weighted by Crippen LogP contribution is -2.49. The molecule has 1 unspecified atom stereocenters. The number of alkyl halides is 3. The van der Waals surface area contributed by atoms with Crippen molar-refractivity contribution >= 4 is 27.3 Å². The van der Waals surface area contributed by atoms with Gasteiger partial charge in [0, 0.05) is 12.0 Å². The van der Waals surface area contributed by atoms with Gasteiger partial charge in [0.1, 0.15) is 15.4 Å². The van der Waals surface area contributed by atoms with Crippen LogP contribution in [0, 0.1) is 5.92 Å². The Morgan fingerprint density at radius 2 is 1.90 bits per heavy atom. The molecule has 0 radical (unpaired) electrons. The molecule has 1 aliphatic carbocycles. The van der Waals surface area contributed by atoms with E-state index < -0.39 is 39.3 Å². The van der Waals surface area contributed by atoms with Gasteiger partial charge in [-0.15, -0.1) is 11.3 Å². The Labute approximate surface area is 179 Å². The van der Waals surface area contributed by atoms with Crippen molar-refractivity contribution in [2.45, 2.75) is 28.8 Å². The predicted octanol–water partition coefficient (Wildman–Crippen LogP) is 3.36. The number of aromatic nitrogens is 1. The van der Waals surface area contributed by atoms with E-state index in [4.69, 9.17) is 5.73 Å². The van der Waals surface area contributed by atoms with Gasteiger partial charge in [-0.3, -0.25) is 4.79 Å². The second-order valence-electron chi connectivity index (χ2n) is 7.21. The van der Waals surface area contributed by atoms with Crippen molar-refractivity contribution in [3.8, 4) is 10.6 Å². The van der Waals surface area contributed by atoms with E-state index in [0.29, 0.717) is 17.4 Å². The minimum absolute atomic E-state index is 0.148. The van der Waals surface area contributed by atoms with E-state index in [2.05, 4.69) is 14.4 Å². The van der Waals surface area contributed by atoms with Crippen LogP contribution in [0.15, 0.2) is 57.3 Å². The number of carbonyl (C=O) groups excluding carboxylic acids is 1. The molecule has 1 fully saturated rings. The number of hydrogen-bond donors (Lipinski definition) is 2. The van der Waals surface area contributed by atoms with Crippen LogP contribution in [0.25, 0.3) is 10.6 Å². The minimum atomic E-state index is -4.71. The minimum Gasteiger partial charge on any atom is -0.368 e. The molecule has 1 saturated carbocycles. The number of carbonyl (C=O) groups is 1. The van der Waals surface area contributed by atoms with Crippen molar-refractivity contribution in [2.24, 2.45) is 11.7 Å². The highest BCUT2D eigenvalue weighted by atomic mass is 32.2. The predicted molar refractivity (Wildman–Crippen MR) is 105 cm³/mol. The molecule has 4 rings (SSSR count). The van der Waals surface area contributed by atoms with E-state index in [1.54, 1.807) is 37.3 Å². The topological polar surface area (TPSA) is 115 Å². The van der Waals surface area contributed by atoms with Crippen LogP contribution in [-0.2, 0) is 21.0 Å². The summed E-state index contributed by atoms with van der Waals surface area (Å²) in [6, 6.07) is 12.2. The van der Waals surface area contributed by atoms with Crippen LogP contribution >= 0.6 is 11.3 Å². The summed E-state index contributed by atoms with van der Waals surface area (Å²) in [6.45, 7) is 1.72. The molecule has 0 bridgehead atoms. The third-order valence-electron chi connectivity index (χ3n) is 5.36. The van der Waals surface area contributed by atoms with Gasteiger partial charge < -0.3 is 10.3 Å². The number of benzene rings is 1. The summed E-state index contributed by atoms with van der Waals surface area (Å²) in [4.78, 5) is 12.4. The van der Waals surface area contributed by atoms with Crippen molar-refractivity contribution in [1.82, 2.24) is 9.88 Å². The van der Waals surface area contributed by atoms with Gasteiger partial charge >= 0.3 is 6.18 Å². The fourth-order valence-corrected chi connectivity index (χ4v) is 6.49. The summed E-state index contributed by atoms with van der Waals surface area (Å²) in [5.41, 5.74) is 4.71. The van der Waals surface area contributed by atoms with E-state index in [0.717, 1.165) is 5.56 Å². The molecule has 2 heterocycles. The first-order valence-corrected chi connectivity index (χ1v) is 11.3. The number of hydrogen-bond acceptors (Lipinski definition) is 6. The average molecular weight is 471 g/mol. The third-order valence-corrected chi connectivity index (χ3v) is 8.44. The summed E-state index contributed by atoms with van der Waals surface area (Å²) in [6.07, 6.45) is -4.71. The zero-order valence-electron chi connectivity index (χ0n) is 15.9. The lowest BCUT2D eigenvalue weighted by molar-refractivity contribution is -0.155. The van der Waals surface area contributed by atoms with Crippen LogP contribution in [0.3, 0.4) is 0 Å². The Kier molecular flexibility index (Phi) is 4.98. The number of nitrogens with zero attached hydrogens (tertiary/aromatic N) is 1. The second kappa shape index (κ2) is 7.18. The molecule has 7 nitrogen and oxygen atoms in total. The van der Waals surface area contributed by atoms with Gasteiger partial charge in [-0.25, -0.2) is 8.42 Å². The Bertz CT molecular complexity index is 1240. The number of thiophene rings is 1. The zero-order chi connectivity index (χ0) is 22.6. The van der Waals surface area contributed by atoms with Gasteiger partial charge in [-0.1, -0.05) is 42.4 Å². The molecule has 3 N–H and O–H groups in total. The highest BCUT2D eigenvalue weighted by Gasteiger charge is 2.68. The summed E-state index contributed by atoms with van der Waals surface area (Å²) >= 11 is 0.703. The summed E-state index contributed by atoms with van der Waals surface area (Å²) < 4.78 is 70.7. The highest BCUT2D eigenvalue weighted by Crippen LogP contribution is 2.57. The molecule has 2 aromatic heterocycles. The van der Waals surface area contributed by atoms with Crippen molar-refractivity contribution in [3.05, 3.63) is 59.9 Å². The Hall–Kier alpha value is -2.70. The summed E-state index contributed by atoms with van der Waals surface area (Å²) in [5.74, 6) is -2.92. The maximum absolute atomic E-state index is 13.0. The number of sulfonamides is 1. The fraction of sp³-hybridized carbons (Fsp3) is 0.263. The first kappa shape index (κ1) is 21.5. The quantitative estimate of drug-likeness (QED) is 0.572. The molecule has 164 valence electrons. The largest absolute Gasteiger partial charge is 0.452 e. The monoisotopic (exact) mass is 471 g/mol. The van der Waals surface area contributed by atoms with Crippen molar-refractivity contribution in [2.75, 3.05) is 0 Å². The lowest BCUT2D eigenvalue weighted by Gasteiger charge is -2.16. The molecule has 0 spiro atoms. The van der Waals surface area contributed by atoms with Gasteiger partial charge in [0.15, 0.2) is 0 Å². The third kappa shape index (κ3) is 3.64. The van der Waals surface area contributed by atoms with Gasteiger partial charge in [-0.05, 0) is 23.6 Å². The number of rotatable bonds is 6. The molecule has 3 aromatic rings. The van der Waals surface area contributed by atoms with Crippen LogP contribution < -0.4 is 10.5 Å². The standard InChI is InChI=1S/C19H16F3N3O4S2/c1-10-16(11-5-3-2-4-6-11)18(10,17(23)26)25-31(27,28)15-8-7-13(30-15)12-9-14(29-24-12)19(20,21)22/h2-10,16,25H,1H3,(H2,23,26)/t10?,16-,18+/m1/s1. The number of primary amides is 1. The molecule has 0 saturated heterocycles. The van der Waals surface area contributed by atoms with Crippen LogP contribution in [-0.4, -0.2) is 25.0 Å². The van der Waals surface area contributed by atoms with Gasteiger partial charge in [0.25, 0.3) is 10.0 Å². The van der Waals surface area contributed by atoms with Crippen molar-refractivity contribution in [1.29, 1.82) is 0 Å². The number of nitrogens with two attached hydrogens (primary N) is 1. The van der Waals surface area contributed by atoms with Crippen molar-refractivity contribution in [3.63, 3.8) is 0 Å². The molecule has 12 heteroatoms. The molecule has 1 aliphatic rings. The first-order valence-electron chi connectivity index (χ1n) is 9.00. The average Bonchev–Trinajstić information content (AvgIpc) is 3.13. The molecule has 1 amide bonds. The van der Waals surface area contributed by atoms with E-state index in [1.807, 2.05) is 0 Å². The van der Waals surface area contributed by atoms with Crippen molar-refractivity contribution < 1.29 is 30.9 Å². The summed E-state index contributed by atoms with van der Waals surface area (Å²) in [5, 5.41) is 3.35. The second-order valence-corrected chi connectivity index (χ2v) is 10.2. The smallest absolute Gasteiger partial charge is 0.368 e. The molecule has 0 aliphatic heterocycles. The van der Waals surface area contributed by atoms with Crippen LogP contribution in [0.2, 0.25) is 0 Å². The molecule has 3 atom stereocenters. The Morgan fingerprint density at radius 3 is 2.48 bits per heavy atom. The SMILES string of the molecule is CC1[C@H](c2ccccc2)[C@]1(NS(=O)(=O)c1ccc(-c2cc(C(F)(F)F)on2)s1)C(N)=O. The Balaban J connectivity index is 1.62. The van der Waals surface area contributed by atoms with E-state index in [1.165, 1.54) is 12.1 Å². The molecular weight excluding hydrogens is 455 g/mol. The summed E-state index contributed by atoms with van der Waals surface area (Å²) in [7, 11) is -4.20. The number of halogens is 3. The zero-order valence-corrected chi connectivity index (χ0v) is 17.5. The van der Waals surface area contributed by atoms with Crippen LogP contribution in [0.5, 0.6) is 0 Å². The number of amides is 1. The van der Waals surface area contributed by atoms with Crippen LogP contribution in [0.1, 0.15) is 24.2 Å². The van der Waals surface area contributed by atoms with Crippen LogP contribution in [0.4, 0.5) is 13.2 Å². The fourth-order valence-electron chi connectivity index (χ4n) is 3.76. The maximum atomic E-state index is 13.0. The van der Waals surface area contributed by atoms with Gasteiger partial charge in [-0.2, -0.15) is 17.9 Å². The Morgan fingerprint density at radius 1 is 1.23 bits per heavy atom. The van der Waals surface area contributed by atoms with E-state index in [9.17, 15) is 26.4 Å². The number of nitrogens with one attached hydrogen (secondary N) is 1. The normalized spacial score (nSPS) is 23.6. The molecular formula is C19H16F3N3O4S2. The van der Waals surface area contributed by atoms with E-state index >= 15 is 0 Å². The van der Waals surface area contributed by atoms with Gasteiger partial charge in [0.2, 0.25) is 11.7 Å². The maximum Gasteiger partial charge on any atom is 0.452 e. The first-order chi connectivity index (χ1) is 14.5. The van der Waals surface area contributed by atoms with Gasteiger partial charge in [0.05, 0.1) is 4.88 Å². The van der Waals surface area contributed by atoms with E-state index in [-0.39, 0.29) is 20.7 Å². The lowest BCUT2D eigenvalue weighted by atomic mass is 10.1.